The summed E-state index contributed by atoms with van der Waals surface area (Å²) in [5, 5.41) is 9.07. The maximum absolute atomic E-state index is 2.47. The number of fused-ring (bicyclic) bond motifs is 2. The van der Waals surface area contributed by atoms with Gasteiger partial charge in [0.25, 0.3) is 0 Å². The van der Waals surface area contributed by atoms with Gasteiger partial charge in [0, 0.05) is 0 Å². The fourth-order valence-electron chi connectivity index (χ4n) is 4.96. The summed E-state index contributed by atoms with van der Waals surface area (Å²) in [4.78, 5) is 0. The Morgan fingerprint density at radius 3 is 2.06 bits per heavy atom. The predicted molar refractivity (Wildman–Crippen MR) is 151 cm³/mol. The first-order valence-corrected chi connectivity index (χ1v) is 15.8. The molecule has 1 saturated heterocycles. The standard InChI is InChI=1S/C17H24P.C13H14P.2ClH.Hf/c1-5-9-18(10-6-2)15-11-16-13(3)7-8-14(4)17(16)12-15;1-2-6-12-10-13(9-11(12)5-1)14-7-3-4-8-14;;;/h7-8,11-12H,5-6,9-10H2,1-4H3;1-2,5-6,9-10H,3-4,7-8H2;2*1H;/q2*-1;;;+4/p-2. The van der Waals surface area contributed by atoms with Crippen LogP contribution < -0.4 is 35.4 Å². The van der Waals surface area contributed by atoms with Gasteiger partial charge in [-0.05, 0) is 44.4 Å². The Bertz CT molecular complexity index is 1080. The molecule has 4 aromatic carbocycles. The van der Waals surface area contributed by atoms with E-state index >= 15 is 0 Å². The Hall–Kier alpha value is -0.0299. The second-order valence-electron chi connectivity index (χ2n) is 9.26. The van der Waals surface area contributed by atoms with Crippen molar-refractivity contribution in [3.05, 3.63) is 71.8 Å². The summed E-state index contributed by atoms with van der Waals surface area (Å²) in [6.07, 6.45) is 11.2. The van der Waals surface area contributed by atoms with Crippen molar-refractivity contribution in [1.29, 1.82) is 0 Å². The molecule has 5 rings (SSSR count). The second-order valence-corrected chi connectivity index (χ2v) is 14.2. The Morgan fingerprint density at radius 1 is 0.829 bits per heavy atom. The van der Waals surface area contributed by atoms with Crippen molar-refractivity contribution in [2.45, 2.75) is 53.4 Å². The molecule has 0 atom stereocenters. The fourth-order valence-corrected chi connectivity index (χ4v) is 10.00. The maximum atomic E-state index is 2.47. The van der Waals surface area contributed by atoms with E-state index in [2.05, 4.69) is 88.4 Å². The van der Waals surface area contributed by atoms with E-state index in [1.165, 1.54) is 83.0 Å². The smallest absolute Gasteiger partial charge is 1.00 e. The molecule has 1 heterocycles. The van der Waals surface area contributed by atoms with E-state index in [1.807, 2.05) is 0 Å². The largest absolute Gasteiger partial charge is 4.00 e. The number of hydrogen-bond acceptors (Lipinski definition) is 0. The molecule has 4 aromatic rings. The van der Waals surface area contributed by atoms with Crippen molar-refractivity contribution in [3.8, 4) is 0 Å². The SMILES string of the molecule is CCCP(CCC)c1cc2c(C)ccc(C)c2[cH-]1.[Cl-].[Cl-].[Hf+4].c1ccc2[cH-]c(P3CCCC3)cc2c1. The molecule has 1 fully saturated rings. The molecule has 0 aromatic heterocycles. The van der Waals surface area contributed by atoms with Gasteiger partial charge in [-0.1, -0.05) is 67.2 Å². The Morgan fingerprint density at radius 2 is 1.46 bits per heavy atom. The van der Waals surface area contributed by atoms with Crippen molar-refractivity contribution in [2.75, 3.05) is 24.6 Å². The molecule has 0 nitrogen and oxygen atoms in total. The van der Waals surface area contributed by atoms with E-state index in [-0.39, 0.29) is 66.5 Å². The summed E-state index contributed by atoms with van der Waals surface area (Å²) in [7, 11) is 0.285. The summed E-state index contributed by atoms with van der Waals surface area (Å²) in [5.41, 5.74) is 2.84. The van der Waals surface area contributed by atoms with Crippen LogP contribution in [0.25, 0.3) is 21.5 Å². The summed E-state index contributed by atoms with van der Waals surface area (Å²) in [6, 6.07) is 23.0. The van der Waals surface area contributed by atoms with Gasteiger partial charge in [-0.2, -0.15) is 12.1 Å². The van der Waals surface area contributed by atoms with Gasteiger partial charge in [0.2, 0.25) is 0 Å². The van der Waals surface area contributed by atoms with E-state index in [1.54, 1.807) is 10.6 Å². The second kappa shape index (κ2) is 16.0. The molecule has 1 aliphatic rings. The average Bonchev–Trinajstić information content (AvgIpc) is 3.55. The van der Waals surface area contributed by atoms with E-state index in [9.17, 15) is 0 Å². The molecular formula is C30H38Cl2HfP2. The van der Waals surface area contributed by atoms with Crippen LogP contribution in [0.4, 0.5) is 0 Å². The Labute approximate surface area is 246 Å². The summed E-state index contributed by atoms with van der Waals surface area (Å²) >= 11 is 0. The molecule has 1 aliphatic heterocycles. The van der Waals surface area contributed by atoms with Crippen molar-refractivity contribution >= 4 is 48.0 Å². The van der Waals surface area contributed by atoms with Crippen LogP contribution in [0.3, 0.4) is 0 Å². The van der Waals surface area contributed by atoms with Crippen LogP contribution in [-0.2, 0) is 25.8 Å². The van der Waals surface area contributed by atoms with E-state index in [0.717, 1.165) is 0 Å². The van der Waals surface area contributed by atoms with E-state index < -0.39 is 0 Å². The van der Waals surface area contributed by atoms with Crippen LogP contribution in [0.5, 0.6) is 0 Å². The molecule has 0 amide bonds. The number of aryl methyl sites for hydroxylation is 2. The van der Waals surface area contributed by atoms with E-state index in [0.29, 0.717) is 0 Å². The number of hydrogen-bond donors (Lipinski definition) is 0. The third-order valence-corrected chi connectivity index (χ3v) is 12.4. The molecule has 5 heteroatoms. The first-order valence-electron chi connectivity index (χ1n) is 12.4. The minimum Gasteiger partial charge on any atom is -1.00 e. The first kappa shape index (κ1) is 33.0. The predicted octanol–water partition coefficient (Wildman–Crippen LogP) is 2.57. The van der Waals surface area contributed by atoms with Crippen molar-refractivity contribution in [3.63, 3.8) is 0 Å². The maximum Gasteiger partial charge on any atom is 4.00 e. The van der Waals surface area contributed by atoms with Gasteiger partial charge in [0.15, 0.2) is 0 Å². The minimum atomic E-state index is 0. The number of benzene rings is 2. The molecule has 0 bridgehead atoms. The zero-order chi connectivity index (χ0) is 22.5. The third kappa shape index (κ3) is 8.23. The van der Waals surface area contributed by atoms with Gasteiger partial charge in [-0.25, -0.2) is 0 Å². The van der Waals surface area contributed by atoms with Gasteiger partial charge in [0.1, 0.15) is 0 Å². The Balaban J connectivity index is 0.000000329. The minimum absolute atomic E-state index is 0. The number of rotatable bonds is 6. The van der Waals surface area contributed by atoms with E-state index in [4.69, 9.17) is 0 Å². The quantitative estimate of drug-likeness (QED) is 0.164. The average molecular weight is 710 g/mol. The topological polar surface area (TPSA) is 0 Å². The fraction of sp³-hybridized carbons (Fsp3) is 0.400. The summed E-state index contributed by atoms with van der Waals surface area (Å²) < 4.78 is 0. The van der Waals surface area contributed by atoms with Crippen LogP contribution in [0.15, 0.2) is 60.7 Å². The summed E-state index contributed by atoms with van der Waals surface area (Å²) in [5.74, 6) is 0. The first-order chi connectivity index (χ1) is 15.6. The van der Waals surface area contributed by atoms with Crippen LogP contribution in [0.1, 0.15) is 50.7 Å². The van der Waals surface area contributed by atoms with Crippen molar-refractivity contribution in [2.24, 2.45) is 0 Å². The molecule has 0 radical (unpaired) electrons. The molecular weight excluding hydrogens is 672 g/mol. The molecule has 0 spiro atoms. The molecule has 0 unspecified atom stereocenters. The van der Waals surface area contributed by atoms with Gasteiger partial charge in [-0.15, -0.1) is 74.1 Å². The molecule has 35 heavy (non-hydrogen) atoms. The van der Waals surface area contributed by atoms with Crippen LogP contribution in [0.2, 0.25) is 0 Å². The zero-order valence-electron chi connectivity index (χ0n) is 21.6. The van der Waals surface area contributed by atoms with Crippen molar-refractivity contribution < 1.29 is 50.7 Å². The number of halogens is 2. The van der Waals surface area contributed by atoms with Crippen LogP contribution in [-0.4, -0.2) is 24.6 Å². The normalized spacial score (nSPS) is 13.2. The zero-order valence-corrected chi connectivity index (χ0v) is 28.5. The summed E-state index contributed by atoms with van der Waals surface area (Å²) in [6.45, 7) is 9.08. The van der Waals surface area contributed by atoms with Crippen LogP contribution >= 0.6 is 15.8 Å². The molecule has 0 N–H and O–H groups in total. The molecule has 0 saturated carbocycles. The molecule has 186 valence electrons. The van der Waals surface area contributed by atoms with Crippen LogP contribution in [0, 0.1) is 13.8 Å². The van der Waals surface area contributed by atoms with Gasteiger partial charge in [0.05, 0.1) is 0 Å². The van der Waals surface area contributed by atoms with Gasteiger partial charge >= 0.3 is 25.8 Å². The monoisotopic (exact) mass is 710 g/mol. The molecule has 0 aliphatic carbocycles. The van der Waals surface area contributed by atoms with Gasteiger partial charge < -0.3 is 24.8 Å². The van der Waals surface area contributed by atoms with Gasteiger partial charge in [-0.3, -0.25) is 0 Å². The third-order valence-electron chi connectivity index (χ3n) is 6.73. The Kier molecular flexibility index (Phi) is 15.1. The van der Waals surface area contributed by atoms with Crippen molar-refractivity contribution in [1.82, 2.24) is 0 Å².